The summed E-state index contributed by atoms with van der Waals surface area (Å²) in [6.07, 6.45) is 2.78. The van der Waals surface area contributed by atoms with E-state index in [0.717, 1.165) is 12.8 Å². The average Bonchev–Trinajstić information content (AvgIpc) is 3.62. The van der Waals surface area contributed by atoms with E-state index in [1.165, 1.54) is 10.6 Å². The monoisotopic (exact) mass is 471 g/mol. The Morgan fingerprint density at radius 2 is 1.82 bits per heavy atom. The van der Waals surface area contributed by atoms with Crippen LogP contribution in [0.4, 0.5) is 5.69 Å². The van der Waals surface area contributed by atoms with Crippen LogP contribution < -0.4 is 16.6 Å². The fourth-order valence-corrected chi connectivity index (χ4v) is 4.20. The van der Waals surface area contributed by atoms with Crippen molar-refractivity contribution in [1.82, 2.24) is 14.5 Å². The summed E-state index contributed by atoms with van der Waals surface area (Å²) in [5.41, 5.74) is 6.46. The highest BCUT2D eigenvalue weighted by Gasteiger charge is 2.30. The van der Waals surface area contributed by atoms with E-state index in [4.69, 9.17) is 17.3 Å². The van der Waals surface area contributed by atoms with Crippen LogP contribution >= 0.6 is 11.6 Å². The van der Waals surface area contributed by atoms with Gasteiger partial charge in [-0.25, -0.2) is 4.98 Å². The summed E-state index contributed by atoms with van der Waals surface area (Å²) in [4.78, 5) is 55.4. The molecule has 1 aromatic heterocycles. The molecule has 2 fully saturated rings. The van der Waals surface area contributed by atoms with Gasteiger partial charge in [0.05, 0.1) is 11.4 Å². The van der Waals surface area contributed by atoms with Crippen molar-refractivity contribution in [3.05, 3.63) is 45.5 Å². The summed E-state index contributed by atoms with van der Waals surface area (Å²) in [5, 5.41) is 3.35. The summed E-state index contributed by atoms with van der Waals surface area (Å²) in [6, 6.07) is 6.38. The number of aryl methyl sites for hydroxylation is 1. The number of anilines is 1. The molecule has 1 saturated carbocycles. The van der Waals surface area contributed by atoms with Gasteiger partial charge >= 0.3 is 0 Å². The molecule has 10 heteroatoms. The van der Waals surface area contributed by atoms with Crippen LogP contribution in [0.3, 0.4) is 0 Å². The topological polar surface area (TPSA) is 127 Å². The second-order valence-corrected chi connectivity index (χ2v) is 9.06. The number of hydrogen-bond donors (Lipinski definition) is 2. The Hall–Kier alpha value is -3.20. The molecular weight excluding hydrogens is 446 g/mol. The van der Waals surface area contributed by atoms with Crippen LogP contribution in [0.25, 0.3) is 11.3 Å². The summed E-state index contributed by atoms with van der Waals surface area (Å²) >= 11 is 6.12. The van der Waals surface area contributed by atoms with E-state index in [1.54, 1.807) is 30.0 Å². The molecule has 174 valence electrons. The third kappa shape index (κ3) is 5.24. The van der Waals surface area contributed by atoms with Crippen LogP contribution in [0.1, 0.15) is 31.5 Å². The number of aromatic nitrogens is 2. The minimum Gasteiger partial charge on any atom is -0.369 e. The molecule has 1 aliphatic carbocycles. The molecule has 9 nitrogen and oxygen atoms in total. The molecule has 4 rings (SSSR count). The second kappa shape index (κ2) is 9.35. The highest BCUT2D eigenvalue weighted by atomic mass is 35.5. The van der Waals surface area contributed by atoms with Gasteiger partial charge in [-0.05, 0) is 50.8 Å². The first-order valence-corrected chi connectivity index (χ1v) is 11.4. The lowest BCUT2D eigenvalue weighted by atomic mass is 9.96. The Balaban J connectivity index is 1.53. The maximum Gasteiger partial charge on any atom is 0.254 e. The second-order valence-electron chi connectivity index (χ2n) is 8.62. The van der Waals surface area contributed by atoms with Gasteiger partial charge in [0.25, 0.3) is 5.56 Å². The Kier molecular flexibility index (Phi) is 6.51. The van der Waals surface area contributed by atoms with Gasteiger partial charge in [0.15, 0.2) is 0 Å². The van der Waals surface area contributed by atoms with Gasteiger partial charge in [-0.1, -0.05) is 11.6 Å². The molecule has 0 spiro atoms. The highest BCUT2D eigenvalue weighted by Crippen LogP contribution is 2.33. The van der Waals surface area contributed by atoms with E-state index in [-0.39, 0.29) is 41.7 Å². The maximum absolute atomic E-state index is 12.9. The largest absolute Gasteiger partial charge is 0.369 e. The Labute approximate surface area is 195 Å². The molecule has 1 saturated heterocycles. The Morgan fingerprint density at radius 3 is 2.42 bits per heavy atom. The number of nitrogens with zero attached hydrogens (tertiary/aromatic N) is 3. The number of likely N-dealkylation sites (tertiary alicyclic amines) is 1. The predicted octanol–water partition coefficient (Wildman–Crippen LogP) is 1.94. The van der Waals surface area contributed by atoms with E-state index in [1.807, 2.05) is 0 Å². The molecule has 3 N–H and O–H groups in total. The van der Waals surface area contributed by atoms with Crippen LogP contribution in [0, 0.1) is 18.8 Å². The molecule has 2 heterocycles. The van der Waals surface area contributed by atoms with Crippen LogP contribution in [0.15, 0.2) is 29.1 Å². The van der Waals surface area contributed by atoms with Crippen molar-refractivity contribution < 1.29 is 14.4 Å². The van der Waals surface area contributed by atoms with Crippen LogP contribution in [0.2, 0.25) is 5.02 Å². The molecule has 1 aliphatic heterocycles. The highest BCUT2D eigenvalue weighted by molar-refractivity contribution is 6.31. The van der Waals surface area contributed by atoms with E-state index in [0.29, 0.717) is 53.7 Å². The number of nitrogens with one attached hydrogen (secondary N) is 1. The molecule has 0 atom stereocenters. The van der Waals surface area contributed by atoms with Gasteiger partial charge in [-0.3, -0.25) is 23.7 Å². The quantitative estimate of drug-likeness (QED) is 0.665. The number of hydrogen-bond acceptors (Lipinski definition) is 5. The van der Waals surface area contributed by atoms with Crippen molar-refractivity contribution in [2.75, 3.05) is 18.4 Å². The number of carbonyl (C=O) groups is 3. The first-order chi connectivity index (χ1) is 15.7. The molecule has 2 aliphatic rings. The van der Waals surface area contributed by atoms with Crippen molar-refractivity contribution in [3.8, 4) is 11.3 Å². The number of amides is 3. The summed E-state index contributed by atoms with van der Waals surface area (Å²) in [5.74, 6) is -0.445. The minimum atomic E-state index is -0.368. The molecule has 33 heavy (non-hydrogen) atoms. The third-order valence-corrected chi connectivity index (χ3v) is 6.44. The van der Waals surface area contributed by atoms with Crippen molar-refractivity contribution >= 4 is 35.0 Å². The average molecular weight is 472 g/mol. The van der Waals surface area contributed by atoms with Gasteiger partial charge in [0.1, 0.15) is 12.4 Å². The summed E-state index contributed by atoms with van der Waals surface area (Å²) < 4.78 is 1.32. The van der Waals surface area contributed by atoms with Gasteiger partial charge in [-0.2, -0.15) is 0 Å². The number of rotatable bonds is 6. The lowest BCUT2D eigenvalue weighted by molar-refractivity contribution is -0.135. The van der Waals surface area contributed by atoms with Crippen LogP contribution in [-0.2, 0) is 20.9 Å². The lowest BCUT2D eigenvalue weighted by Gasteiger charge is -2.30. The zero-order valence-corrected chi connectivity index (χ0v) is 19.1. The fourth-order valence-electron chi connectivity index (χ4n) is 4.02. The normalized spacial score (nSPS) is 16.5. The van der Waals surface area contributed by atoms with E-state index >= 15 is 0 Å². The summed E-state index contributed by atoms with van der Waals surface area (Å²) in [7, 11) is 0. The van der Waals surface area contributed by atoms with Crippen molar-refractivity contribution in [2.45, 2.75) is 39.2 Å². The van der Waals surface area contributed by atoms with E-state index < -0.39 is 0 Å². The smallest absolute Gasteiger partial charge is 0.254 e. The zero-order valence-electron chi connectivity index (χ0n) is 18.3. The van der Waals surface area contributed by atoms with E-state index in [2.05, 4.69) is 10.3 Å². The molecule has 0 bridgehead atoms. The number of primary amides is 1. The maximum atomic E-state index is 12.9. The molecule has 1 aromatic carbocycles. The van der Waals surface area contributed by atoms with Gasteiger partial charge in [0.2, 0.25) is 17.7 Å². The number of carbonyl (C=O) groups excluding carboxylic acids is 3. The zero-order chi connectivity index (χ0) is 23.7. The van der Waals surface area contributed by atoms with E-state index in [9.17, 15) is 19.2 Å². The molecule has 0 unspecified atom stereocenters. The number of nitrogens with two attached hydrogens (primary N) is 1. The first-order valence-electron chi connectivity index (χ1n) is 11.0. The number of halogens is 1. The number of piperidine rings is 1. The standard InChI is InChI=1S/C23H26ClN5O4/c1-13-26-19(17-5-4-16(24)10-18(17)27-23(33)15-2-3-15)11-20(30)29(13)12-21(31)28-8-6-14(7-9-28)22(25)32/h4-5,10-11,14-15H,2-3,6-9,12H2,1H3,(H2,25,32)(H,27,33). The molecule has 2 aromatic rings. The van der Waals surface area contributed by atoms with Crippen molar-refractivity contribution in [1.29, 1.82) is 0 Å². The van der Waals surface area contributed by atoms with Gasteiger partial charge in [-0.15, -0.1) is 0 Å². The van der Waals surface area contributed by atoms with Gasteiger partial charge in [0, 0.05) is 41.6 Å². The first kappa shape index (κ1) is 23.0. The molecule has 0 radical (unpaired) electrons. The van der Waals surface area contributed by atoms with Crippen LogP contribution in [-0.4, -0.2) is 45.3 Å². The number of benzene rings is 1. The van der Waals surface area contributed by atoms with Crippen molar-refractivity contribution in [3.63, 3.8) is 0 Å². The SMILES string of the molecule is Cc1nc(-c2ccc(Cl)cc2NC(=O)C2CC2)cc(=O)n1CC(=O)N1CCC(C(N)=O)CC1. The van der Waals surface area contributed by atoms with Crippen molar-refractivity contribution in [2.24, 2.45) is 17.6 Å². The molecular formula is C23H26ClN5O4. The third-order valence-electron chi connectivity index (χ3n) is 6.21. The van der Waals surface area contributed by atoms with Crippen LogP contribution in [0.5, 0.6) is 0 Å². The Morgan fingerprint density at radius 1 is 1.12 bits per heavy atom. The Bertz CT molecular complexity index is 1170. The lowest BCUT2D eigenvalue weighted by Crippen LogP contribution is -2.44. The fraction of sp³-hybridized carbons (Fsp3) is 0.435. The summed E-state index contributed by atoms with van der Waals surface area (Å²) in [6.45, 7) is 2.39. The minimum absolute atomic E-state index is 0.0126. The molecule has 3 amide bonds. The van der Waals surface area contributed by atoms with Gasteiger partial charge < -0.3 is 16.0 Å². The predicted molar refractivity (Wildman–Crippen MR) is 124 cm³/mol.